The summed E-state index contributed by atoms with van der Waals surface area (Å²) in [4.78, 5) is 27.5. The van der Waals surface area contributed by atoms with Crippen molar-refractivity contribution >= 4 is 49.8 Å². The fourth-order valence-electron chi connectivity index (χ4n) is 4.55. The molecule has 3 heterocycles. The molecule has 0 unspecified atom stereocenters. The Morgan fingerprint density at radius 3 is 2.54 bits per heavy atom. The summed E-state index contributed by atoms with van der Waals surface area (Å²) in [5.74, 6) is -0.829. The third kappa shape index (κ3) is 3.52. The number of aryl methyl sites for hydroxylation is 2. The van der Waals surface area contributed by atoms with E-state index in [-0.39, 0.29) is 0 Å². The summed E-state index contributed by atoms with van der Waals surface area (Å²) in [5.41, 5.74) is 2.85. The fourth-order valence-corrected chi connectivity index (χ4v) is 5.56. The maximum absolute atomic E-state index is 13.4. The SMILES string of the molecule is Cn1cc[n+](CCNc2ccc3c4c(cccc24)C(=O)N(N=c2sc4ccccc4n2C)C3=O)c1. The Kier molecular flexibility index (Phi) is 5.00. The number of amides is 2. The smallest absolute Gasteiger partial charge is 0.282 e. The van der Waals surface area contributed by atoms with Gasteiger partial charge in [-0.3, -0.25) is 9.59 Å². The molecule has 3 aromatic carbocycles. The van der Waals surface area contributed by atoms with E-state index in [2.05, 4.69) is 15.0 Å². The Bertz CT molecular complexity index is 1690. The van der Waals surface area contributed by atoms with Crippen LogP contribution >= 0.6 is 11.3 Å². The van der Waals surface area contributed by atoms with E-state index < -0.39 is 11.8 Å². The van der Waals surface area contributed by atoms with Crippen molar-refractivity contribution in [1.29, 1.82) is 0 Å². The minimum absolute atomic E-state index is 0.414. The van der Waals surface area contributed by atoms with Gasteiger partial charge in [0.25, 0.3) is 11.8 Å². The number of nitrogens with zero attached hydrogens (tertiary/aromatic N) is 5. The minimum atomic E-state index is -0.414. The molecule has 2 aromatic heterocycles. The molecule has 0 radical (unpaired) electrons. The Labute approximate surface area is 205 Å². The van der Waals surface area contributed by atoms with E-state index in [1.807, 2.05) is 84.4 Å². The molecule has 2 amide bonds. The van der Waals surface area contributed by atoms with Gasteiger partial charge in [-0.05, 0) is 30.3 Å². The summed E-state index contributed by atoms with van der Waals surface area (Å²) in [7, 11) is 3.87. The van der Waals surface area contributed by atoms with Crippen molar-refractivity contribution in [2.45, 2.75) is 6.54 Å². The predicted octanol–water partition coefficient (Wildman–Crippen LogP) is 3.24. The molecule has 0 spiro atoms. The molecule has 1 aliphatic heterocycles. The van der Waals surface area contributed by atoms with Crippen LogP contribution in [0.4, 0.5) is 5.69 Å². The highest BCUT2D eigenvalue weighted by molar-refractivity contribution is 7.16. The summed E-state index contributed by atoms with van der Waals surface area (Å²) in [6.07, 6.45) is 6.03. The predicted molar refractivity (Wildman–Crippen MR) is 135 cm³/mol. The van der Waals surface area contributed by atoms with Crippen molar-refractivity contribution in [3.8, 4) is 0 Å². The van der Waals surface area contributed by atoms with Crippen LogP contribution in [0.1, 0.15) is 20.7 Å². The van der Waals surface area contributed by atoms with Crippen molar-refractivity contribution < 1.29 is 14.2 Å². The molecule has 8 nitrogen and oxygen atoms in total. The first-order valence-electron chi connectivity index (χ1n) is 11.3. The van der Waals surface area contributed by atoms with Crippen molar-refractivity contribution in [2.75, 3.05) is 11.9 Å². The van der Waals surface area contributed by atoms with Crippen molar-refractivity contribution in [1.82, 2.24) is 14.1 Å². The molecule has 0 fully saturated rings. The van der Waals surface area contributed by atoms with E-state index in [4.69, 9.17) is 0 Å². The van der Waals surface area contributed by atoms with E-state index in [1.165, 1.54) is 11.3 Å². The molecule has 35 heavy (non-hydrogen) atoms. The van der Waals surface area contributed by atoms with E-state index in [0.717, 1.165) is 32.8 Å². The van der Waals surface area contributed by atoms with Gasteiger partial charge in [-0.25, -0.2) is 9.13 Å². The molecule has 0 saturated heterocycles. The lowest BCUT2D eigenvalue weighted by Crippen LogP contribution is -2.38. The highest BCUT2D eigenvalue weighted by atomic mass is 32.1. The Morgan fingerprint density at radius 1 is 0.971 bits per heavy atom. The first kappa shape index (κ1) is 21.3. The number of anilines is 1. The molecule has 0 saturated carbocycles. The van der Waals surface area contributed by atoms with Crippen LogP contribution in [0.5, 0.6) is 0 Å². The van der Waals surface area contributed by atoms with E-state index in [1.54, 1.807) is 12.1 Å². The molecule has 5 aromatic rings. The zero-order valence-electron chi connectivity index (χ0n) is 19.3. The number of rotatable bonds is 5. The van der Waals surface area contributed by atoms with Crippen LogP contribution in [-0.2, 0) is 20.6 Å². The quantitative estimate of drug-likeness (QED) is 0.308. The highest BCUT2D eigenvalue weighted by Crippen LogP contribution is 2.34. The maximum Gasteiger partial charge on any atom is 0.282 e. The van der Waals surface area contributed by atoms with Gasteiger partial charge >= 0.3 is 0 Å². The molecule has 174 valence electrons. The number of imidazole rings is 1. The molecule has 1 N–H and O–H groups in total. The number of para-hydroxylation sites is 1. The van der Waals surface area contributed by atoms with Crippen molar-refractivity contribution in [3.05, 3.63) is 89.2 Å². The molecule has 0 bridgehead atoms. The van der Waals surface area contributed by atoms with Crippen LogP contribution in [0.3, 0.4) is 0 Å². The largest absolute Gasteiger partial charge is 0.381 e. The lowest BCUT2D eigenvalue weighted by molar-refractivity contribution is -0.693. The Balaban J connectivity index is 1.37. The van der Waals surface area contributed by atoms with Gasteiger partial charge in [0.15, 0.2) is 0 Å². The minimum Gasteiger partial charge on any atom is -0.381 e. The molecule has 1 aliphatic rings. The number of carbonyl (C=O) groups is 2. The molecule has 9 heteroatoms. The summed E-state index contributed by atoms with van der Waals surface area (Å²) >= 11 is 1.44. The summed E-state index contributed by atoms with van der Waals surface area (Å²) in [6.45, 7) is 1.50. The second-order valence-corrected chi connectivity index (χ2v) is 9.58. The average Bonchev–Trinajstić information content (AvgIpc) is 3.43. The van der Waals surface area contributed by atoms with Gasteiger partial charge in [-0.15, -0.1) is 5.10 Å². The van der Waals surface area contributed by atoms with E-state index in [9.17, 15) is 9.59 Å². The second-order valence-electron chi connectivity index (χ2n) is 8.57. The summed E-state index contributed by atoms with van der Waals surface area (Å²) in [6, 6.07) is 17.2. The molecule has 6 rings (SSSR count). The third-order valence-electron chi connectivity index (χ3n) is 6.30. The van der Waals surface area contributed by atoms with Crippen molar-refractivity contribution in [3.63, 3.8) is 0 Å². The monoisotopic (exact) mass is 483 g/mol. The van der Waals surface area contributed by atoms with Gasteiger partial charge in [-0.1, -0.05) is 35.6 Å². The van der Waals surface area contributed by atoms with Crippen LogP contribution in [0.2, 0.25) is 0 Å². The van der Waals surface area contributed by atoms with Gasteiger partial charge < -0.3 is 9.88 Å². The van der Waals surface area contributed by atoms with Crippen molar-refractivity contribution in [2.24, 2.45) is 19.2 Å². The molecular formula is C26H23N6O2S+. The van der Waals surface area contributed by atoms with E-state index in [0.29, 0.717) is 27.9 Å². The first-order chi connectivity index (χ1) is 17.0. The number of fused-ring (bicyclic) bond motifs is 1. The highest BCUT2D eigenvalue weighted by Gasteiger charge is 2.33. The number of imide groups is 1. The number of aromatic nitrogens is 3. The average molecular weight is 484 g/mol. The number of benzene rings is 3. The van der Waals surface area contributed by atoms with Gasteiger partial charge in [0.1, 0.15) is 18.9 Å². The summed E-state index contributed by atoms with van der Waals surface area (Å²) < 4.78 is 7.03. The van der Waals surface area contributed by atoms with Gasteiger partial charge in [0.05, 0.1) is 34.9 Å². The Hall–Kier alpha value is -4.24. The first-order valence-corrected chi connectivity index (χ1v) is 12.1. The van der Waals surface area contributed by atoms with E-state index >= 15 is 0 Å². The van der Waals surface area contributed by atoms with Crippen LogP contribution in [0, 0.1) is 0 Å². The number of hydrogen-bond donors (Lipinski definition) is 1. The van der Waals surface area contributed by atoms with Crippen LogP contribution < -0.4 is 14.7 Å². The molecule has 0 atom stereocenters. The number of nitrogens with one attached hydrogen (secondary N) is 1. The zero-order chi connectivity index (χ0) is 24.1. The normalized spacial score (nSPS) is 13.9. The van der Waals surface area contributed by atoms with Gasteiger partial charge in [0, 0.05) is 23.5 Å². The zero-order valence-corrected chi connectivity index (χ0v) is 20.1. The number of thiazole rings is 1. The van der Waals surface area contributed by atoms with Gasteiger partial charge in [-0.2, -0.15) is 5.01 Å². The topological polar surface area (TPSA) is 75.5 Å². The van der Waals surface area contributed by atoms with Crippen LogP contribution in [0.25, 0.3) is 21.0 Å². The third-order valence-corrected chi connectivity index (χ3v) is 7.40. The number of carbonyl (C=O) groups excluding carboxylic acids is 2. The standard InChI is InChI=1S/C26H22N6O2S/c1-29-14-15-31(16-29)13-12-27-20-11-10-19-23-17(20)6-5-7-18(23)24(33)32(25(19)34)28-26-30(2)21-8-3-4-9-22(21)35-26/h3-11,14-16H,12-13H2,1-2H3/p+1. The summed E-state index contributed by atoms with van der Waals surface area (Å²) in [5, 5.41) is 10.5. The lowest BCUT2D eigenvalue weighted by Gasteiger charge is -2.24. The number of hydrogen-bond acceptors (Lipinski definition) is 5. The lowest BCUT2D eigenvalue weighted by atomic mass is 9.94. The van der Waals surface area contributed by atoms with Gasteiger partial charge in [0.2, 0.25) is 11.1 Å². The Morgan fingerprint density at radius 2 is 1.77 bits per heavy atom. The fraction of sp³-hybridized carbons (Fsp3) is 0.154. The second kappa shape index (κ2) is 8.21. The van der Waals surface area contributed by atoms with Crippen LogP contribution in [-0.4, -0.2) is 32.5 Å². The molecule has 0 aliphatic carbocycles. The molecular weight excluding hydrogens is 460 g/mol. The van der Waals surface area contributed by atoms with Crippen LogP contribution in [0.15, 0.2) is 78.4 Å². The maximum atomic E-state index is 13.4.